The highest BCUT2D eigenvalue weighted by Crippen LogP contribution is 2.29. The minimum Gasteiger partial charge on any atom is -0.339 e. The van der Waals surface area contributed by atoms with Crippen molar-refractivity contribution < 1.29 is 17.6 Å². The van der Waals surface area contributed by atoms with Crippen molar-refractivity contribution in [1.82, 2.24) is 10.2 Å². The summed E-state index contributed by atoms with van der Waals surface area (Å²) < 4.78 is 38.9. The molecule has 0 spiro atoms. The highest BCUT2D eigenvalue weighted by Gasteiger charge is 2.32. The maximum atomic E-state index is 13.6. The number of anilines is 1. The summed E-state index contributed by atoms with van der Waals surface area (Å²) in [6.45, 7) is 3.17. The van der Waals surface area contributed by atoms with Gasteiger partial charge in [-0.1, -0.05) is 0 Å². The van der Waals surface area contributed by atoms with Gasteiger partial charge in [0.15, 0.2) is 0 Å². The molecule has 24 heavy (non-hydrogen) atoms. The van der Waals surface area contributed by atoms with E-state index in [9.17, 15) is 17.6 Å². The molecule has 2 atom stereocenters. The molecule has 3 rings (SSSR count). The van der Waals surface area contributed by atoms with Crippen LogP contribution in [0.15, 0.2) is 18.2 Å². The summed E-state index contributed by atoms with van der Waals surface area (Å²) in [6, 6.07) is 3.53. The van der Waals surface area contributed by atoms with Crippen molar-refractivity contribution in [2.75, 3.05) is 37.2 Å². The summed E-state index contributed by atoms with van der Waals surface area (Å²) in [5, 5.41) is 3.38. The van der Waals surface area contributed by atoms with E-state index in [1.165, 1.54) is 6.07 Å². The molecule has 0 saturated carbocycles. The summed E-state index contributed by atoms with van der Waals surface area (Å²) >= 11 is 0. The summed E-state index contributed by atoms with van der Waals surface area (Å²) in [4.78, 5) is 14.5. The van der Waals surface area contributed by atoms with Crippen LogP contribution in [-0.2, 0) is 10.0 Å². The lowest BCUT2D eigenvalue weighted by Gasteiger charge is -2.22. The molecular weight excluding hydrogens is 333 g/mol. The minimum atomic E-state index is -3.55. The van der Waals surface area contributed by atoms with Gasteiger partial charge in [0.1, 0.15) is 5.82 Å². The molecule has 0 bridgehead atoms. The molecule has 2 saturated heterocycles. The largest absolute Gasteiger partial charge is 0.339 e. The van der Waals surface area contributed by atoms with Gasteiger partial charge in [-0.25, -0.2) is 12.8 Å². The molecule has 132 valence electrons. The number of rotatable bonds is 3. The molecule has 2 heterocycles. The van der Waals surface area contributed by atoms with Crippen LogP contribution in [0.3, 0.4) is 0 Å². The predicted molar refractivity (Wildman–Crippen MR) is 89.9 cm³/mol. The normalized spacial score (nSPS) is 24.3. The van der Waals surface area contributed by atoms with Crippen molar-refractivity contribution in [2.24, 2.45) is 11.8 Å². The van der Waals surface area contributed by atoms with E-state index in [4.69, 9.17) is 0 Å². The number of nitrogens with zero attached hydrogens (tertiary/aromatic N) is 1. The van der Waals surface area contributed by atoms with E-state index in [2.05, 4.69) is 10.0 Å². The van der Waals surface area contributed by atoms with Gasteiger partial charge in [0.25, 0.3) is 5.91 Å². The van der Waals surface area contributed by atoms with Crippen molar-refractivity contribution >= 4 is 21.6 Å². The highest BCUT2D eigenvalue weighted by molar-refractivity contribution is 7.92. The molecule has 2 aliphatic heterocycles. The van der Waals surface area contributed by atoms with Crippen LogP contribution in [-0.4, -0.2) is 51.7 Å². The lowest BCUT2D eigenvalue weighted by Crippen LogP contribution is -2.33. The number of likely N-dealkylation sites (tertiary alicyclic amines) is 1. The minimum absolute atomic E-state index is 0.0607. The maximum Gasteiger partial charge on any atom is 0.256 e. The number of hydrogen-bond donors (Lipinski definition) is 2. The van der Waals surface area contributed by atoms with Gasteiger partial charge in [-0.15, -0.1) is 0 Å². The third kappa shape index (κ3) is 3.87. The Balaban J connectivity index is 1.82. The van der Waals surface area contributed by atoms with E-state index < -0.39 is 15.8 Å². The van der Waals surface area contributed by atoms with E-state index in [1.54, 1.807) is 4.90 Å². The van der Waals surface area contributed by atoms with E-state index in [1.807, 2.05) is 0 Å². The number of carbonyl (C=O) groups is 1. The molecule has 2 N–H and O–H groups in total. The van der Waals surface area contributed by atoms with Gasteiger partial charge in [-0.2, -0.15) is 0 Å². The van der Waals surface area contributed by atoms with E-state index >= 15 is 0 Å². The number of fused-ring (bicyclic) bond motifs is 1. The second-order valence-corrected chi connectivity index (χ2v) is 8.36. The lowest BCUT2D eigenvalue weighted by molar-refractivity contribution is 0.0759. The standard InChI is InChI=1S/C16H22FN3O3S/c1-24(22,23)19-15-3-2-13(17)8-14(15)16(21)20-6-4-11-9-18-10-12(11)5-7-20/h2-3,8,11-12,18-19H,4-7,9-10H2,1H3/t11-,12+. The number of amides is 1. The smallest absolute Gasteiger partial charge is 0.256 e. The van der Waals surface area contributed by atoms with Crippen molar-refractivity contribution in [2.45, 2.75) is 12.8 Å². The van der Waals surface area contributed by atoms with Crippen molar-refractivity contribution in [1.29, 1.82) is 0 Å². The van der Waals surface area contributed by atoms with Crippen LogP contribution in [0, 0.1) is 17.7 Å². The number of carbonyl (C=O) groups excluding carboxylic acids is 1. The molecule has 2 fully saturated rings. The molecule has 2 aliphatic rings. The Kier molecular flexibility index (Phi) is 4.78. The monoisotopic (exact) mass is 355 g/mol. The second kappa shape index (κ2) is 6.68. The molecule has 6 nitrogen and oxygen atoms in total. The zero-order valence-electron chi connectivity index (χ0n) is 13.6. The Morgan fingerprint density at radius 3 is 2.46 bits per heavy atom. The molecule has 0 aromatic heterocycles. The van der Waals surface area contributed by atoms with Gasteiger partial charge < -0.3 is 10.2 Å². The van der Waals surface area contributed by atoms with Crippen molar-refractivity contribution in [3.63, 3.8) is 0 Å². The number of sulfonamides is 1. The topological polar surface area (TPSA) is 78.5 Å². The molecular formula is C16H22FN3O3S. The zero-order valence-corrected chi connectivity index (χ0v) is 14.4. The number of nitrogens with one attached hydrogen (secondary N) is 2. The fourth-order valence-electron chi connectivity index (χ4n) is 3.57. The SMILES string of the molecule is CS(=O)(=O)Nc1ccc(F)cc1C(=O)N1CC[C@@H]2CNC[C@@H]2CC1. The fourth-order valence-corrected chi connectivity index (χ4v) is 4.15. The molecule has 0 unspecified atom stereocenters. The summed E-state index contributed by atoms with van der Waals surface area (Å²) in [7, 11) is -3.55. The third-order valence-corrected chi connectivity index (χ3v) is 5.40. The van der Waals surface area contributed by atoms with Gasteiger partial charge in [-0.05, 0) is 56.0 Å². The summed E-state index contributed by atoms with van der Waals surface area (Å²) in [5.41, 5.74) is 0.181. The van der Waals surface area contributed by atoms with Gasteiger partial charge in [0, 0.05) is 13.1 Å². The second-order valence-electron chi connectivity index (χ2n) is 6.61. The summed E-state index contributed by atoms with van der Waals surface area (Å²) in [6.07, 6.45) is 2.83. The lowest BCUT2D eigenvalue weighted by atomic mass is 9.92. The van der Waals surface area contributed by atoms with Crippen LogP contribution in [0.4, 0.5) is 10.1 Å². The fraction of sp³-hybridized carbons (Fsp3) is 0.562. The van der Waals surface area contributed by atoms with Gasteiger partial charge in [-0.3, -0.25) is 9.52 Å². The Labute approximate surface area is 141 Å². The quantitative estimate of drug-likeness (QED) is 0.856. The van der Waals surface area contributed by atoms with Crippen molar-refractivity contribution in [3.8, 4) is 0 Å². The first-order chi connectivity index (χ1) is 11.3. The predicted octanol–water partition coefficient (Wildman–Crippen LogP) is 1.27. The molecule has 1 amide bonds. The Morgan fingerprint density at radius 2 is 1.88 bits per heavy atom. The van der Waals surface area contributed by atoms with Gasteiger partial charge >= 0.3 is 0 Å². The Hall–Kier alpha value is -1.67. The van der Waals surface area contributed by atoms with Crippen LogP contribution in [0.1, 0.15) is 23.2 Å². The molecule has 1 aromatic rings. The highest BCUT2D eigenvalue weighted by atomic mass is 32.2. The number of hydrogen-bond acceptors (Lipinski definition) is 4. The summed E-state index contributed by atoms with van der Waals surface area (Å²) in [5.74, 6) is 0.259. The van der Waals surface area contributed by atoms with E-state index in [0.29, 0.717) is 24.9 Å². The first-order valence-corrected chi connectivity index (χ1v) is 10.00. The van der Waals surface area contributed by atoms with Crippen molar-refractivity contribution in [3.05, 3.63) is 29.6 Å². The third-order valence-electron chi connectivity index (χ3n) is 4.81. The van der Waals surface area contributed by atoms with E-state index in [0.717, 1.165) is 44.3 Å². The van der Waals surface area contributed by atoms with E-state index in [-0.39, 0.29) is 17.2 Å². The average Bonchev–Trinajstić information content (AvgIpc) is 2.86. The molecule has 0 aliphatic carbocycles. The Morgan fingerprint density at radius 1 is 1.25 bits per heavy atom. The van der Waals surface area contributed by atoms with Crippen LogP contribution >= 0.6 is 0 Å². The number of benzene rings is 1. The van der Waals surface area contributed by atoms with Crippen LogP contribution in [0.5, 0.6) is 0 Å². The van der Waals surface area contributed by atoms with Gasteiger partial charge in [0.2, 0.25) is 10.0 Å². The average molecular weight is 355 g/mol. The molecule has 1 aromatic carbocycles. The maximum absolute atomic E-state index is 13.6. The van der Waals surface area contributed by atoms with Crippen LogP contribution in [0.25, 0.3) is 0 Å². The zero-order chi connectivity index (χ0) is 17.3. The molecule has 0 radical (unpaired) electrons. The van der Waals surface area contributed by atoms with Gasteiger partial charge in [0.05, 0.1) is 17.5 Å². The first kappa shape index (κ1) is 17.2. The first-order valence-electron chi connectivity index (χ1n) is 8.11. The Bertz CT molecular complexity index is 724. The number of halogens is 1. The van der Waals surface area contributed by atoms with Crippen LogP contribution < -0.4 is 10.0 Å². The molecule has 8 heteroatoms. The van der Waals surface area contributed by atoms with Crippen LogP contribution in [0.2, 0.25) is 0 Å².